The Balaban J connectivity index is 1.50. The topological polar surface area (TPSA) is 150 Å². The molecule has 1 saturated heterocycles. The number of piperidine rings is 1. The first-order valence-corrected chi connectivity index (χ1v) is 11.8. The zero-order valence-corrected chi connectivity index (χ0v) is 19.0. The highest BCUT2D eigenvalue weighted by atomic mass is 32.2. The van der Waals surface area contributed by atoms with Gasteiger partial charge >= 0.3 is 0 Å². The van der Waals surface area contributed by atoms with Gasteiger partial charge in [0, 0.05) is 44.7 Å². The largest absolute Gasteiger partial charge is 0.455 e. The average Bonchev–Trinajstić information content (AvgIpc) is 3.27. The molecule has 2 aromatic heterocycles. The lowest BCUT2D eigenvalue weighted by Gasteiger charge is -2.30. The molecule has 1 amide bonds. The van der Waals surface area contributed by atoms with Crippen LogP contribution >= 0.6 is 0 Å². The van der Waals surface area contributed by atoms with Gasteiger partial charge in [0.25, 0.3) is 5.69 Å². The molecular weight excluding hydrogens is 464 g/mol. The fourth-order valence-corrected chi connectivity index (χ4v) is 5.17. The monoisotopic (exact) mass is 486 g/mol. The van der Waals surface area contributed by atoms with Crippen LogP contribution in [0.5, 0.6) is 11.5 Å². The van der Waals surface area contributed by atoms with Gasteiger partial charge in [0.1, 0.15) is 16.4 Å². The predicted molar refractivity (Wildman–Crippen MR) is 121 cm³/mol. The zero-order valence-electron chi connectivity index (χ0n) is 18.2. The molecule has 1 aliphatic rings. The molecule has 3 aromatic rings. The number of non-ortho nitro benzene ring substituents is 1. The van der Waals surface area contributed by atoms with E-state index in [9.17, 15) is 23.3 Å². The van der Waals surface area contributed by atoms with E-state index in [0.717, 1.165) is 0 Å². The highest BCUT2D eigenvalue weighted by Crippen LogP contribution is 2.30. The summed E-state index contributed by atoms with van der Waals surface area (Å²) in [7, 11) is -2.16. The van der Waals surface area contributed by atoms with Crippen molar-refractivity contribution in [1.29, 1.82) is 0 Å². The third-order valence-corrected chi connectivity index (χ3v) is 7.13. The first-order chi connectivity index (χ1) is 16.2. The number of rotatable bonds is 7. The van der Waals surface area contributed by atoms with Gasteiger partial charge in [0.2, 0.25) is 15.9 Å². The Bertz CT molecular complexity index is 1310. The molecule has 0 saturated carbocycles. The summed E-state index contributed by atoms with van der Waals surface area (Å²) in [6, 6.07) is 7.23. The molecule has 1 atom stereocenters. The van der Waals surface area contributed by atoms with Crippen molar-refractivity contribution in [3.63, 3.8) is 0 Å². The molecule has 1 aromatic carbocycles. The van der Waals surface area contributed by atoms with Crippen LogP contribution < -0.4 is 10.1 Å². The maximum Gasteiger partial charge on any atom is 0.275 e. The molecule has 0 spiro atoms. The predicted octanol–water partition coefficient (Wildman–Crippen LogP) is 2.56. The number of nitrogens with one attached hydrogen (secondary N) is 1. The van der Waals surface area contributed by atoms with Crippen molar-refractivity contribution >= 4 is 27.3 Å². The Morgan fingerprint density at radius 1 is 1.26 bits per heavy atom. The normalized spacial score (nSPS) is 16.7. The van der Waals surface area contributed by atoms with E-state index in [0.29, 0.717) is 25.1 Å². The fraction of sp³-hybridized carbons (Fsp3) is 0.286. The van der Waals surface area contributed by atoms with Crippen molar-refractivity contribution in [2.24, 2.45) is 13.0 Å². The number of aromatic nitrogens is 3. The zero-order chi connectivity index (χ0) is 24.3. The maximum absolute atomic E-state index is 13.0. The highest BCUT2D eigenvalue weighted by Gasteiger charge is 2.34. The molecule has 0 aliphatic carbocycles. The summed E-state index contributed by atoms with van der Waals surface area (Å²) in [6.45, 7) is 0.290. The number of anilines is 1. The van der Waals surface area contributed by atoms with Crippen LogP contribution in [0.25, 0.3) is 0 Å². The van der Waals surface area contributed by atoms with Gasteiger partial charge in [-0.1, -0.05) is 0 Å². The van der Waals surface area contributed by atoms with Crippen LogP contribution in [0.15, 0.2) is 60.0 Å². The van der Waals surface area contributed by atoms with Crippen molar-refractivity contribution in [3.05, 3.63) is 65.2 Å². The first-order valence-electron chi connectivity index (χ1n) is 10.4. The number of nitro groups is 1. The van der Waals surface area contributed by atoms with Crippen LogP contribution in [-0.2, 0) is 21.9 Å². The SMILES string of the molecule is Cn1cc(S(=O)(=O)N2CCC[C@@H](C(=O)Nc3cc(Oc4cccnc4)cc([N+](=O)[O-])c3)C2)cn1. The number of aryl methyl sites for hydroxylation is 1. The molecule has 1 N–H and O–H groups in total. The molecule has 1 aliphatic heterocycles. The van der Waals surface area contributed by atoms with E-state index in [1.54, 1.807) is 25.4 Å². The summed E-state index contributed by atoms with van der Waals surface area (Å²) in [6.07, 6.45) is 6.68. The number of hydrogen-bond acceptors (Lipinski definition) is 8. The first kappa shape index (κ1) is 23.3. The lowest BCUT2D eigenvalue weighted by atomic mass is 9.98. The minimum Gasteiger partial charge on any atom is -0.455 e. The lowest BCUT2D eigenvalue weighted by Crippen LogP contribution is -2.43. The van der Waals surface area contributed by atoms with E-state index < -0.39 is 26.8 Å². The molecule has 1 fully saturated rings. The van der Waals surface area contributed by atoms with Crippen LogP contribution in [0.2, 0.25) is 0 Å². The van der Waals surface area contributed by atoms with E-state index in [1.165, 1.54) is 45.8 Å². The highest BCUT2D eigenvalue weighted by molar-refractivity contribution is 7.89. The minimum absolute atomic E-state index is 0.00295. The number of sulfonamides is 1. The third-order valence-electron chi connectivity index (χ3n) is 5.31. The number of nitro benzene ring substituents is 1. The van der Waals surface area contributed by atoms with E-state index in [2.05, 4.69) is 15.4 Å². The molecule has 4 rings (SSSR count). The summed E-state index contributed by atoms with van der Waals surface area (Å²) in [5.41, 5.74) is -0.0913. The summed E-state index contributed by atoms with van der Waals surface area (Å²) in [5, 5.41) is 18.0. The van der Waals surface area contributed by atoms with Gasteiger partial charge in [-0.15, -0.1) is 0 Å². The molecular formula is C21H22N6O6S. The van der Waals surface area contributed by atoms with Crippen molar-refractivity contribution in [2.45, 2.75) is 17.7 Å². The Hall–Kier alpha value is -3.84. The number of carbonyl (C=O) groups excluding carboxylic acids is 1. The Morgan fingerprint density at radius 3 is 2.76 bits per heavy atom. The van der Waals surface area contributed by atoms with Gasteiger partial charge in [-0.2, -0.15) is 9.40 Å². The maximum atomic E-state index is 13.0. The molecule has 0 unspecified atom stereocenters. The van der Waals surface area contributed by atoms with Gasteiger partial charge in [-0.25, -0.2) is 8.42 Å². The molecule has 178 valence electrons. The second-order valence-corrected chi connectivity index (χ2v) is 9.74. The van der Waals surface area contributed by atoms with Crippen molar-refractivity contribution < 1.29 is 22.9 Å². The second-order valence-electron chi connectivity index (χ2n) is 7.80. The minimum atomic E-state index is -3.78. The van der Waals surface area contributed by atoms with E-state index in [-0.39, 0.29) is 28.6 Å². The Morgan fingerprint density at radius 2 is 2.09 bits per heavy atom. The average molecular weight is 487 g/mol. The summed E-state index contributed by atoms with van der Waals surface area (Å²) < 4.78 is 34.1. The second kappa shape index (κ2) is 9.57. The Labute approximate surface area is 195 Å². The number of amides is 1. The summed E-state index contributed by atoms with van der Waals surface area (Å²) in [4.78, 5) is 27.7. The lowest BCUT2D eigenvalue weighted by molar-refractivity contribution is -0.384. The number of ether oxygens (including phenoxy) is 1. The fourth-order valence-electron chi connectivity index (χ4n) is 3.66. The molecule has 13 heteroatoms. The molecule has 34 heavy (non-hydrogen) atoms. The molecule has 12 nitrogen and oxygen atoms in total. The standard InChI is InChI=1S/C21H22N6O6S/c1-25-14-20(12-23-25)34(31,32)26-7-3-4-15(13-26)21(28)24-16-8-17(27(29)30)10-19(9-16)33-18-5-2-6-22-11-18/h2,5-6,8-12,14-15H,3-4,7,13H2,1H3,(H,24,28)/t15-/m1/s1. The van der Waals surface area contributed by atoms with Gasteiger partial charge < -0.3 is 10.1 Å². The van der Waals surface area contributed by atoms with E-state index in [4.69, 9.17) is 4.74 Å². The number of nitrogens with zero attached hydrogens (tertiary/aromatic N) is 5. The number of carbonyl (C=O) groups is 1. The van der Waals surface area contributed by atoms with Crippen molar-refractivity contribution in [3.8, 4) is 11.5 Å². The molecule has 3 heterocycles. The van der Waals surface area contributed by atoms with E-state index >= 15 is 0 Å². The molecule has 0 bridgehead atoms. The van der Waals surface area contributed by atoms with Crippen LogP contribution in [-0.4, -0.2) is 51.4 Å². The van der Waals surface area contributed by atoms with Crippen molar-refractivity contribution in [1.82, 2.24) is 19.1 Å². The number of pyridine rings is 1. The van der Waals surface area contributed by atoms with Crippen LogP contribution in [0, 0.1) is 16.0 Å². The smallest absolute Gasteiger partial charge is 0.275 e. The number of hydrogen-bond donors (Lipinski definition) is 1. The van der Waals surface area contributed by atoms with Gasteiger partial charge in [0.15, 0.2) is 0 Å². The van der Waals surface area contributed by atoms with Gasteiger partial charge in [0.05, 0.1) is 35.0 Å². The van der Waals surface area contributed by atoms with Gasteiger partial charge in [-0.05, 0) is 25.0 Å². The molecule has 0 radical (unpaired) electrons. The van der Waals surface area contributed by atoms with Gasteiger partial charge in [-0.3, -0.25) is 24.6 Å². The summed E-state index contributed by atoms with van der Waals surface area (Å²) in [5.74, 6) is -0.521. The summed E-state index contributed by atoms with van der Waals surface area (Å²) >= 11 is 0. The van der Waals surface area contributed by atoms with Crippen molar-refractivity contribution in [2.75, 3.05) is 18.4 Å². The van der Waals surface area contributed by atoms with E-state index in [1.807, 2.05) is 0 Å². The van der Waals surface area contributed by atoms with Crippen LogP contribution in [0.3, 0.4) is 0 Å². The van der Waals surface area contributed by atoms with Crippen LogP contribution in [0.4, 0.5) is 11.4 Å². The Kier molecular flexibility index (Phi) is 6.56. The number of benzene rings is 1. The third kappa shape index (κ3) is 5.21. The van der Waals surface area contributed by atoms with Crippen LogP contribution in [0.1, 0.15) is 12.8 Å². The quantitative estimate of drug-likeness (QED) is 0.395.